The van der Waals surface area contributed by atoms with Crippen LogP contribution in [0.2, 0.25) is 0 Å². The number of aromatic nitrogens is 3. The number of fused-ring (bicyclic) bond motifs is 1. The zero-order valence-electron chi connectivity index (χ0n) is 11.8. The Labute approximate surface area is 120 Å². The maximum Gasteiger partial charge on any atom is 0.330 e. The van der Waals surface area contributed by atoms with Gasteiger partial charge >= 0.3 is 5.69 Å². The van der Waals surface area contributed by atoms with Crippen molar-refractivity contribution < 1.29 is 4.79 Å². The number of nitrogens with zero attached hydrogens (tertiary/aromatic N) is 2. The lowest BCUT2D eigenvalue weighted by molar-refractivity contribution is 0.0943. The first-order valence-corrected chi connectivity index (χ1v) is 6.93. The molecule has 1 amide bonds. The van der Waals surface area contributed by atoms with Crippen LogP contribution in [0.25, 0.3) is 11.0 Å². The van der Waals surface area contributed by atoms with E-state index in [2.05, 4.69) is 15.3 Å². The van der Waals surface area contributed by atoms with E-state index in [9.17, 15) is 14.4 Å². The quantitative estimate of drug-likeness (QED) is 0.862. The van der Waals surface area contributed by atoms with Crippen LogP contribution >= 0.6 is 0 Å². The number of rotatable bonds is 3. The van der Waals surface area contributed by atoms with Crippen molar-refractivity contribution in [3.8, 4) is 0 Å². The monoisotopic (exact) mass is 288 g/mol. The van der Waals surface area contributed by atoms with Gasteiger partial charge in [-0.05, 0) is 32.8 Å². The first kappa shape index (κ1) is 13.5. The van der Waals surface area contributed by atoms with Crippen molar-refractivity contribution in [2.24, 2.45) is 0 Å². The molecule has 1 aliphatic carbocycles. The molecule has 0 saturated heterocycles. The van der Waals surface area contributed by atoms with Gasteiger partial charge in [0.1, 0.15) is 5.65 Å². The Balaban J connectivity index is 2.16. The van der Waals surface area contributed by atoms with Crippen LogP contribution in [-0.4, -0.2) is 26.5 Å². The summed E-state index contributed by atoms with van der Waals surface area (Å²) in [5, 5.41) is 3.01. The minimum absolute atomic E-state index is 0.00750. The lowest BCUT2D eigenvalue weighted by Gasteiger charge is -2.10. The molecule has 1 saturated carbocycles. The second kappa shape index (κ2) is 4.83. The van der Waals surface area contributed by atoms with Crippen LogP contribution < -0.4 is 16.6 Å². The van der Waals surface area contributed by atoms with Crippen molar-refractivity contribution in [2.75, 3.05) is 0 Å². The van der Waals surface area contributed by atoms with Gasteiger partial charge in [-0.15, -0.1) is 0 Å². The molecule has 0 unspecified atom stereocenters. The molecule has 21 heavy (non-hydrogen) atoms. The zero-order valence-corrected chi connectivity index (χ0v) is 11.8. The van der Waals surface area contributed by atoms with Gasteiger partial charge in [-0.25, -0.2) is 9.78 Å². The number of hydrogen-bond acceptors (Lipinski definition) is 4. The molecule has 2 N–H and O–H groups in total. The van der Waals surface area contributed by atoms with E-state index >= 15 is 0 Å². The van der Waals surface area contributed by atoms with Crippen molar-refractivity contribution in [1.82, 2.24) is 19.9 Å². The van der Waals surface area contributed by atoms with E-state index in [1.165, 1.54) is 16.8 Å². The summed E-state index contributed by atoms with van der Waals surface area (Å²) in [4.78, 5) is 42.3. The molecular formula is C14H16N4O3. The Kier molecular flexibility index (Phi) is 3.12. The lowest BCUT2D eigenvalue weighted by atomic mass is 10.2. The summed E-state index contributed by atoms with van der Waals surface area (Å²) in [7, 11) is 0. The fraction of sp³-hybridized carbons (Fsp3) is 0.429. The van der Waals surface area contributed by atoms with Crippen LogP contribution in [0.1, 0.15) is 43.1 Å². The van der Waals surface area contributed by atoms with Gasteiger partial charge in [-0.2, -0.15) is 0 Å². The van der Waals surface area contributed by atoms with Crippen LogP contribution in [0.15, 0.2) is 21.9 Å². The standard InChI is InChI=1S/C14H16N4O3/c1-7(2)16-12(19)8-5-10-11(15-6-8)18(9-3-4-9)14(21)17-13(10)20/h5-7,9H,3-4H2,1-2H3,(H,16,19)(H,17,20,21). The molecule has 2 heterocycles. The Bertz CT molecular complexity index is 830. The fourth-order valence-corrected chi connectivity index (χ4v) is 2.28. The van der Waals surface area contributed by atoms with Gasteiger partial charge in [-0.3, -0.25) is 19.1 Å². The molecule has 0 radical (unpaired) electrons. The number of aromatic amines is 1. The van der Waals surface area contributed by atoms with Crippen molar-refractivity contribution in [3.05, 3.63) is 38.7 Å². The third kappa shape index (κ3) is 2.46. The lowest BCUT2D eigenvalue weighted by Crippen LogP contribution is -2.32. The van der Waals surface area contributed by atoms with E-state index in [1.54, 1.807) is 0 Å². The van der Waals surface area contributed by atoms with E-state index in [0.29, 0.717) is 11.2 Å². The molecule has 7 nitrogen and oxygen atoms in total. The molecule has 0 aliphatic heterocycles. The fourth-order valence-electron chi connectivity index (χ4n) is 2.28. The molecule has 0 spiro atoms. The molecule has 0 atom stereocenters. The smallest absolute Gasteiger partial charge is 0.330 e. The highest BCUT2D eigenvalue weighted by Gasteiger charge is 2.27. The molecule has 0 bridgehead atoms. The maximum atomic E-state index is 12.0. The second-order valence-corrected chi connectivity index (χ2v) is 5.58. The number of H-pyrrole nitrogens is 1. The maximum absolute atomic E-state index is 12.0. The Hall–Kier alpha value is -2.44. The molecule has 2 aromatic rings. The first-order chi connectivity index (χ1) is 9.97. The molecule has 110 valence electrons. The van der Waals surface area contributed by atoms with Gasteiger partial charge in [0, 0.05) is 18.3 Å². The van der Waals surface area contributed by atoms with E-state index in [0.717, 1.165) is 12.8 Å². The van der Waals surface area contributed by atoms with Crippen LogP contribution in [0, 0.1) is 0 Å². The summed E-state index contributed by atoms with van der Waals surface area (Å²) >= 11 is 0. The summed E-state index contributed by atoms with van der Waals surface area (Å²) in [6, 6.07) is 1.57. The van der Waals surface area contributed by atoms with E-state index in [4.69, 9.17) is 0 Å². The molecule has 1 aliphatic rings. The third-order valence-corrected chi connectivity index (χ3v) is 3.37. The average molecular weight is 288 g/mol. The molecule has 1 fully saturated rings. The van der Waals surface area contributed by atoms with Gasteiger partial charge in [0.25, 0.3) is 11.5 Å². The van der Waals surface area contributed by atoms with E-state index in [1.807, 2.05) is 13.8 Å². The molecule has 2 aromatic heterocycles. The van der Waals surface area contributed by atoms with Crippen molar-refractivity contribution in [3.63, 3.8) is 0 Å². The number of carbonyl (C=O) groups excluding carboxylic acids is 1. The summed E-state index contributed by atoms with van der Waals surface area (Å²) in [5.41, 5.74) is -0.310. The van der Waals surface area contributed by atoms with Gasteiger partial charge in [0.05, 0.1) is 10.9 Å². The van der Waals surface area contributed by atoms with E-state index < -0.39 is 11.2 Å². The third-order valence-electron chi connectivity index (χ3n) is 3.37. The van der Waals surface area contributed by atoms with Crippen molar-refractivity contribution in [1.29, 1.82) is 0 Å². The van der Waals surface area contributed by atoms with Gasteiger partial charge in [0.2, 0.25) is 0 Å². The van der Waals surface area contributed by atoms with Crippen LogP contribution in [-0.2, 0) is 0 Å². The second-order valence-electron chi connectivity index (χ2n) is 5.58. The van der Waals surface area contributed by atoms with Crippen LogP contribution in [0.5, 0.6) is 0 Å². The number of pyridine rings is 1. The van der Waals surface area contributed by atoms with Crippen LogP contribution in [0.4, 0.5) is 0 Å². The highest BCUT2D eigenvalue weighted by molar-refractivity contribution is 5.96. The SMILES string of the molecule is CC(C)NC(=O)c1cnc2c(c1)c(=O)[nH]c(=O)n2C1CC1. The number of amides is 1. The largest absolute Gasteiger partial charge is 0.350 e. The predicted octanol–water partition coefficient (Wildman–Crippen LogP) is 0.558. The summed E-state index contributed by atoms with van der Waals surface area (Å²) in [6.07, 6.45) is 3.20. The first-order valence-electron chi connectivity index (χ1n) is 6.93. The predicted molar refractivity (Wildman–Crippen MR) is 77.5 cm³/mol. The topological polar surface area (TPSA) is 96.8 Å². The van der Waals surface area contributed by atoms with Crippen molar-refractivity contribution in [2.45, 2.75) is 38.8 Å². The summed E-state index contributed by atoms with van der Waals surface area (Å²) in [6.45, 7) is 3.70. The summed E-state index contributed by atoms with van der Waals surface area (Å²) < 4.78 is 1.50. The Morgan fingerprint density at radius 2 is 2.14 bits per heavy atom. The highest BCUT2D eigenvalue weighted by atomic mass is 16.2. The number of hydrogen-bond donors (Lipinski definition) is 2. The minimum Gasteiger partial charge on any atom is -0.350 e. The highest BCUT2D eigenvalue weighted by Crippen LogP contribution is 2.34. The van der Waals surface area contributed by atoms with Gasteiger partial charge in [-0.1, -0.05) is 0 Å². The molecule has 3 rings (SSSR count). The average Bonchev–Trinajstić information content (AvgIpc) is 3.22. The molecule has 7 heteroatoms. The minimum atomic E-state index is -0.515. The Morgan fingerprint density at radius 1 is 1.43 bits per heavy atom. The van der Waals surface area contributed by atoms with E-state index in [-0.39, 0.29) is 23.4 Å². The van der Waals surface area contributed by atoms with Gasteiger partial charge in [0.15, 0.2) is 0 Å². The van der Waals surface area contributed by atoms with Crippen LogP contribution in [0.3, 0.4) is 0 Å². The zero-order chi connectivity index (χ0) is 15.1. The van der Waals surface area contributed by atoms with Crippen molar-refractivity contribution >= 4 is 16.9 Å². The Morgan fingerprint density at radius 3 is 2.76 bits per heavy atom. The molecule has 0 aromatic carbocycles. The number of carbonyl (C=O) groups is 1. The summed E-state index contributed by atoms with van der Waals surface area (Å²) in [5.74, 6) is -0.289. The molecular weight excluding hydrogens is 272 g/mol. The van der Waals surface area contributed by atoms with Gasteiger partial charge < -0.3 is 5.32 Å². The normalized spacial score (nSPS) is 14.6. The number of nitrogens with one attached hydrogen (secondary N) is 2.